The van der Waals surface area contributed by atoms with E-state index in [-0.39, 0.29) is 5.75 Å². The van der Waals surface area contributed by atoms with Crippen LogP contribution in [0.4, 0.5) is 0 Å². The van der Waals surface area contributed by atoms with Crippen molar-refractivity contribution >= 4 is 11.0 Å². The van der Waals surface area contributed by atoms with Gasteiger partial charge in [0.2, 0.25) is 0 Å². The average molecular weight is 269 g/mol. The highest BCUT2D eigenvalue weighted by molar-refractivity contribution is 5.81. The Bertz CT molecular complexity index is 765. The molecular weight excluding hydrogens is 254 g/mol. The van der Waals surface area contributed by atoms with Gasteiger partial charge < -0.3 is 14.4 Å². The minimum atomic E-state index is 0.105. The van der Waals surface area contributed by atoms with Gasteiger partial charge in [0.05, 0.1) is 24.4 Å². The summed E-state index contributed by atoms with van der Waals surface area (Å²) >= 11 is 0. The number of phenolic OH excluding ortho intramolecular Hbond substituents is 1. The summed E-state index contributed by atoms with van der Waals surface area (Å²) in [5.41, 5.74) is 2.47. The lowest BCUT2D eigenvalue weighted by molar-refractivity contribution is 0.374. The number of benzene rings is 1. The fourth-order valence-electron chi connectivity index (χ4n) is 2.37. The van der Waals surface area contributed by atoms with E-state index in [1.807, 2.05) is 29.7 Å². The molecule has 0 radical (unpaired) electrons. The number of hydrogen-bond donors (Lipinski definition) is 1. The maximum atomic E-state index is 10.3. The molecule has 0 bridgehead atoms. The van der Waals surface area contributed by atoms with Crippen LogP contribution in [0.25, 0.3) is 22.4 Å². The molecule has 102 valence electrons. The zero-order valence-corrected chi connectivity index (χ0v) is 11.4. The van der Waals surface area contributed by atoms with Gasteiger partial charge in [-0.1, -0.05) is 6.07 Å². The number of methoxy groups -OCH3 is 1. The molecule has 0 amide bonds. The first-order valence-electron chi connectivity index (χ1n) is 6.42. The van der Waals surface area contributed by atoms with Crippen LogP contribution in [0.2, 0.25) is 0 Å². The number of imidazole rings is 1. The molecule has 0 aliphatic rings. The van der Waals surface area contributed by atoms with Crippen molar-refractivity contribution in [3.05, 3.63) is 36.7 Å². The van der Waals surface area contributed by atoms with Crippen molar-refractivity contribution in [2.75, 3.05) is 7.11 Å². The van der Waals surface area contributed by atoms with Crippen molar-refractivity contribution in [3.63, 3.8) is 0 Å². The van der Waals surface area contributed by atoms with Gasteiger partial charge in [-0.15, -0.1) is 0 Å². The smallest absolute Gasteiger partial charge is 0.168 e. The summed E-state index contributed by atoms with van der Waals surface area (Å²) in [6.07, 6.45) is 3.47. The van der Waals surface area contributed by atoms with Crippen molar-refractivity contribution in [2.45, 2.75) is 13.5 Å². The van der Waals surface area contributed by atoms with E-state index in [0.717, 1.165) is 17.6 Å². The number of fused-ring (bicyclic) bond motifs is 1. The minimum Gasteiger partial charge on any atom is -0.504 e. The van der Waals surface area contributed by atoms with E-state index in [9.17, 15) is 5.11 Å². The maximum Gasteiger partial charge on any atom is 0.168 e. The third-order valence-corrected chi connectivity index (χ3v) is 3.33. The summed E-state index contributed by atoms with van der Waals surface area (Å²) < 4.78 is 7.20. The highest BCUT2D eigenvalue weighted by Gasteiger charge is 2.16. The highest BCUT2D eigenvalue weighted by atomic mass is 16.5. The van der Waals surface area contributed by atoms with Gasteiger partial charge in [0.1, 0.15) is 11.3 Å². The molecular formula is C15H15N3O2. The second-order valence-corrected chi connectivity index (χ2v) is 4.40. The summed E-state index contributed by atoms with van der Waals surface area (Å²) in [4.78, 5) is 8.66. The Morgan fingerprint density at radius 3 is 2.90 bits per heavy atom. The van der Waals surface area contributed by atoms with Crippen LogP contribution in [0.15, 0.2) is 36.7 Å². The topological polar surface area (TPSA) is 60.2 Å². The quantitative estimate of drug-likeness (QED) is 0.794. The number of hydrogen-bond acceptors (Lipinski definition) is 4. The lowest BCUT2D eigenvalue weighted by Gasteiger charge is -2.10. The second kappa shape index (κ2) is 4.85. The number of aromatic nitrogens is 3. The first-order chi connectivity index (χ1) is 9.76. The van der Waals surface area contributed by atoms with Crippen LogP contribution in [-0.4, -0.2) is 26.8 Å². The normalized spacial score (nSPS) is 10.9. The number of pyridine rings is 1. The SMILES string of the molecule is CCn1c(-c2cccc(OC)c2O)nc2cnccc21. The first kappa shape index (κ1) is 12.5. The van der Waals surface area contributed by atoms with Gasteiger partial charge in [-0.05, 0) is 25.1 Å². The molecule has 0 fully saturated rings. The highest BCUT2D eigenvalue weighted by Crippen LogP contribution is 2.37. The van der Waals surface area contributed by atoms with Crippen molar-refractivity contribution in [3.8, 4) is 22.9 Å². The lowest BCUT2D eigenvalue weighted by Crippen LogP contribution is -1.98. The Kier molecular flexibility index (Phi) is 3.02. The number of para-hydroxylation sites is 1. The summed E-state index contributed by atoms with van der Waals surface area (Å²) in [6, 6.07) is 7.32. The molecule has 0 unspecified atom stereocenters. The number of nitrogens with zero attached hydrogens (tertiary/aromatic N) is 3. The molecule has 0 spiro atoms. The molecule has 2 heterocycles. The van der Waals surface area contributed by atoms with Gasteiger partial charge in [0.25, 0.3) is 0 Å². The molecule has 0 saturated heterocycles. The molecule has 1 N–H and O–H groups in total. The Morgan fingerprint density at radius 2 is 2.15 bits per heavy atom. The third kappa shape index (κ3) is 1.79. The van der Waals surface area contributed by atoms with Crippen molar-refractivity contribution in [2.24, 2.45) is 0 Å². The number of rotatable bonds is 3. The van der Waals surface area contributed by atoms with Gasteiger partial charge in [-0.3, -0.25) is 4.98 Å². The Morgan fingerprint density at radius 1 is 1.30 bits per heavy atom. The first-order valence-corrected chi connectivity index (χ1v) is 6.42. The van der Waals surface area contributed by atoms with E-state index in [2.05, 4.69) is 9.97 Å². The summed E-state index contributed by atoms with van der Waals surface area (Å²) in [5.74, 6) is 1.26. The zero-order valence-electron chi connectivity index (χ0n) is 11.4. The monoisotopic (exact) mass is 269 g/mol. The number of ether oxygens (including phenoxy) is 1. The molecule has 0 saturated carbocycles. The standard InChI is InChI=1S/C15H15N3O2/c1-3-18-12-7-8-16-9-11(12)17-15(18)10-5-4-6-13(20-2)14(10)19/h4-9,19H,3H2,1-2H3. The summed E-state index contributed by atoms with van der Waals surface area (Å²) in [6.45, 7) is 2.80. The second-order valence-electron chi connectivity index (χ2n) is 4.40. The number of aryl methyl sites for hydroxylation is 1. The van der Waals surface area contributed by atoms with Gasteiger partial charge in [-0.2, -0.15) is 0 Å². The van der Waals surface area contributed by atoms with Gasteiger partial charge >= 0.3 is 0 Å². The predicted molar refractivity (Wildman–Crippen MR) is 76.9 cm³/mol. The minimum absolute atomic E-state index is 0.105. The van der Waals surface area contributed by atoms with Crippen LogP contribution >= 0.6 is 0 Å². The molecule has 20 heavy (non-hydrogen) atoms. The third-order valence-electron chi connectivity index (χ3n) is 3.33. The van der Waals surface area contributed by atoms with E-state index < -0.39 is 0 Å². The molecule has 3 aromatic rings. The summed E-state index contributed by atoms with van der Waals surface area (Å²) in [7, 11) is 1.53. The van der Waals surface area contributed by atoms with Crippen LogP contribution in [-0.2, 0) is 6.54 Å². The Labute approximate surface area is 116 Å². The van der Waals surface area contributed by atoms with Crippen molar-refractivity contribution in [1.29, 1.82) is 0 Å². The van der Waals surface area contributed by atoms with Crippen LogP contribution in [0.1, 0.15) is 6.92 Å². The Balaban J connectivity index is 2.29. The van der Waals surface area contributed by atoms with Crippen LogP contribution in [0, 0.1) is 0 Å². The van der Waals surface area contributed by atoms with Crippen molar-refractivity contribution in [1.82, 2.24) is 14.5 Å². The van der Waals surface area contributed by atoms with Crippen molar-refractivity contribution < 1.29 is 9.84 Å². The number of phenols is 1. The zero-order chi connectivity index (χ0) is 14.1. The molecule has 2 aromatic heterocycles. The van der Waals surface area contributed by atoms with Gasteiger partial charge in [0.15, 0.2) is 11.5 Å². The molecule has 5 heteroatoms. The molecule has 0 aliphatic carbocycles. The molecule has 5 nitrogen and oxygen atoms in total. The predicted octanol–water partition coefficient (Wildman–Crippen LogP) is 2.83. The van der Waals surface area contributed by atoms with E-state index >= 15 is 0 Å². The Hall–Kier alpha value is -2.56. The van der Waals surface area contributed by atoms with E-state index in [0.29, 0.717) is 17.1 Å². The molecule has 1 aromatic carbocycles. The molecule has 0 aliphatic heterocycles. The lowest BCUT2D eigenvalue weighted by atomic mass is 10.1. The molecule has 0 atom stereocenters. The largest absolute Gasteiger partial charge is 0.504 e. The van der Waals surface area contributed by atoms with E-state index in [4.69, 9.17) is 4.74 Å². The van der Waals surface area contributed by atoms with Crippen LogP contribution in [0.5, 0.6) is 11.5 Å². The fourth-order valence-corrected chi connectivity index (χ4v) is 2.37. The van der Waals surface area contributed by atoms with Gasteiger partial charge in [-0.25, -0.2) is 4.98 Å². The van der Waals surface area contributed by atoms with E-state index in [1.165, 1.54) is 7.11 Å². The fraction of sp³-hybridized carbons (Fsp3) is 0.200. The maximum absolute atomic E-state index is 10.3. The summed E-state index contributed by atoms with van der Waals surface area (Å²) in [5, 5.41) is 10.3. The average Bonchev–Trinajstić information content (AvgIpc) is 2.85. The number of aromatic hydroxyl groups is 1. The van der Waals surface area contributed by atoms with Crippen LogP contribution < -0.4 is 4.74 Å². The van der Waals surface area contributed by atoms with Gasteiger partial charge in [0, 0.05) is 12.7 Å². The van der Waals surface area contributed by atoms with E-state index in [1.54, 1.807) is 18.5 Å². The molecule has 3 rings (SSSR count). The van der Waals surface area contributed by atoms with Crippen LogP contribution in [0.3, 0.4) is 0 Å².